The topological polar surface area (TPSA) is 57.2 Å². The third-order valence-electron chi connectivity index (χ3n) is 5.92. The van der Waals surface area contributed by atoms with Crippen LogP contribution in [-0.4, -0.2) is 11.8 Å². The van der Waals surface area contributed by atoms with E-state index in [4.69, 9.17) is 0 Å². The molecule has 0 amide bonds. The minimum absolute atomic E-state index is 0.0584. The molecule has 0 aromatic carbocycles. The van der Waals surface area contributed by atoms with Crippen molar-refractivity contribution in [2.75, 3.05) is 0 Å². The number of carboxylic acids is 1. The van der Waals surface area contributed by atoms with E-state index < -0.39 is 11.9 Å². The summed E-state index contributed by atoms with van der Waals surface area (Å²) in [5, 5.41) is 11.3. The molecule has 0 saturated heterocycles. The SMILES string of the molecule is CCCC[C@@H](/C=C1/C(=O)[C@]2(C)CC[C@H]1C2(C)C)C(=O)[O-]. The second-order valence-electron chi connectivity index (χ2n) is 7.16. The fourth-order valence-corrected chi connectivity index (χ4v) is 4.03. The molecule has 112 valence electrons. The molecule has 0 N–H and O–H groups in total. The molecule has 0 spiro atoms. The molecule has 2 fully saturated rings. The first-order chi connectivity index (χ1) is 9.25. The first kappa shape index (κ1) is 15.3. The molecule has 2 aliphatic rings. The molecule has 0 radical (unpaired) electrons. The minimum atomic E-state index is -1.05. The van der Waals surface area contributed by atoms with Crippen molar-refractivity contribution in [1.29, 1.82) is 0 Å². The lowest BCUT2D eigenvalue weighted by molar-refractivity contribution is -0.309. The number of rotatable bonds is 5. The predicted octanol–water partition coefficient (Wildman–Crippen LogP) is 2.49. The molecule has 3 heteroatoms. The van der Waals surface area contributed by atoms with Crippen molar-refractivity contribution in [2.24, 2.45) is 22.7 Å². The van der Waals surface area contributed by atoms with Gasteiger partial charge >= 0.3 is 0 Å². The van der Waals surface area contributed by atoms with Crippen molar-refractivity contribution in [2.45, 2.75) is 59.8 Å². The number of Topliss-reactive ketones (excluding diaryl/α,β-unsaturated/α-hetero) is 1. The number of carbonyl (C=O) groups excluding carboxylic acids is 2. The monoisotopic (exact) mass is 277 g/mol. The Morgan fingerprint density at radius 2 is 2.10 bits per heavy atom. The van der Waals surface area contributed by atoms with E-state index in [2.05, 4.69) is 13.8 Å². The number of fused-ring (bicyclic) bond motifs is 2. The van der Waals surface area contributed by atoms with Crippen LogP contribution in [0, 0.1) is 22.7 Å². The van der Waals surface area contributed by atoms with Gasteiger partial charge in [0.15, 0.2) is 5.78 Å². The number of hydrogen-bond donors (Lipinski definition) is 0. The summed E-state index contributed by atoms with van der Waals surface area (Å²) < 4.78 is 0. The maximum Gasteiger partial charge on any atom is 0.165 e. The summed E-state index contributed by atoms with van der Waals surface area (Å²) in [6.45, 7) is 8.36. The molecule has 2 rings (SSSR count). The van der Waals surface area contributed by atoms with Crippen molar-refractivity contribution >= 4 is 11.8 Å². The number of allylic oxidation sites excluding steroid dienone is 1. The number of unbranched alkanes of at least 4 members (excludes halogenated alkanes) is 1. The molecule has 0 aromatic heterocycles. The van der Waals surface area contributed by atoms with E-state index in [1.165, 1.54) is 0 Å². The van der Waals surface area contributed by atoms with Crippen molar-refractivity contribution in [3.63, 3.8) is 0 Å². The van der Waals surface area contributed by atoms with Gasteiger partial charge in [-0.25, -0.2) is 0 Å². The van der Waals surface area contributed by atoms with Crippen LogP contribution in [0.3, 0.4) is 0 Å². The Balaban J connectivity index is 2.31. The first-order valence-corrected chi connectivity index (χ1v) is 7.73. The number of carboxylic acid groups (broad SMARTS) is 1. The lowest BCUT2D eigenvalue weighted by Crippen LogP contribution is -2.33. The highest BCUT2D eigenvalue weighted by molar-refractivity contribution is 6.05. The van der Waals surface area contributed by atoms with Gasteiger partial charge in [-0.05, 0) is 36.2 Å². The van der Waals surface area contributed by atoms with Crippen LogP contribution in [0.2, 0.25) is 0 Å². The van der Waals surface area contributed by atoms with Crippen LogP contribution >= 0.6 is 0 Å². The molecule has 2 aliphatic carbocycles. The standard InChI is InChI=1S/C17H26O3/c1-5-6-7-11(15(19)20)10-12-13-8-9-17(4,14(12)18)16(13,2)3/h10-11,13H,5-9H2,1-4H3,(H,19,20)/p-1/b12-10+/t11-,13+,17-/m0/s1. The summed E-state index contributed by atoms with van der Waals surface area (Å²) in [5.74, 6) is -1.29. The minimum Gasteiger partial charge on any atom is -0.550 e. The normalized spacial score (nSPS) is 34.7. The zero-order chi connectivity index (χ0) is 15.1. The fraction of sp³-hybridized carbons (Fsp3) is 0.765. The quantitative estimate of drug-likeness (QED) is 0.725. The summed E-state index contributed by atoms with van der Waals surface area (Å²) in [6.07, 6.45) is 6.00. The summed E-state index contributed by atoms with van der Waals surface area (Å²) >= 11 is 0. The third kappa shape index (κ3) is 2.02. The van der Waals surface area contributed by atoms with Crippen molar-refractivity contribution in [3.05, 3.63) is 11.6 Å². The van der Waals surface area contributed by atoms with E-state index in [0.717, 1.165) is 31.3 Å². The number of carbonyl (C=O) groups is 2. The Bertz CT molecular complexity index is 461. The second kappa shape index (κ2) is 5.01. The van der Waals surface area contributed by atoms with Crippen LogP contribution in [0.1, 0.15) is 59.8 Å². The van der Waals surface area contributed by atoms with Crippen LogP contribution in [0.25, 0.3) is 0 Å². The first-order valence-electron chi connectivity index (χ1n) is 7.73. The second-order valence-corrected chi connectivity index (χ2v) is 7.16. The molecule has 3 nitrogen and oxygen atoms in total. The van der Waals surface area contributed by atoms with Gasteiger partial charge in [-0.15, -0.1) is 0 Å². The van der Waals surface area contributed by atoms with Crippen LogP contribution in [0.5, 0.6) is 0 Å². The molecule has 0 aliphatic heterocycles. The van der Waals surface area contributed by atoms with Crippen molar-refractivity contribution in [1.82, 2.24) is 0 Å². The zero-order valence-corrected chi connectivity index (χ0v) is 13.0. The number of hydrogen-bond acceptors (Lipinski definition) is 3. The van der Waals surface area contributed by atoms with Crippen LogP contribution < -0.4 is 5.11 Å². The molecular formula is C17H25O3-. The molecule has 0 aromatic rings. The molecule has 20 heavy (non-hydrogen) atoms. The van der Waals surface area contributed by atoms with Gasteiger partial charge in [0.25, 0.3) is 0 Å². The molecule has 3 atom stereocenters. The predicted molar refractivity (Wildman–Crippen MR) is 75.7 cm³/mol. The molecule has 0 unspecified atom stereocenters. The maximum absolute atomic E-state index is 12.7. The highest BCUT2D eigenvalue weighted by atomic mass is 16.4. The Hall–Kier alpha value is -1.12. The average Bonchev–Trinajstić information content (AvgIpc) is 2.67. The lowest BCUT2D eigenvalue weighted by Gasteiger charge is -2.31. The van der Waals surface area contributed by atoms with E-state index in [0.29, 0.717) is 6.42 Å². The van der Waals surface area contributed by atoms with Gasteiger partial charge in [-0.1, -0.05) is 46.6 Å². The molecule has 0 heterocycles. The lowest BCUT2D eigenvalue weighted by atomic mass is 9.70. The summed E-state index contributed by atoms with van der Waals surface area (Å²) in [6, 6.07) is 0. The van der Waals surface area contributed by atoms with Gasteiger partial charge in [0, 0.05) is 17.3 Å². The Kier molecular flexibility index (Phi) is 3.83. The van der Waals surface area contributed by atoms with Gasteiger partial charge < -0.3 is 9.90 Å². The third-order valence-corrected chi connectivity index (χ3v) is 5.92. The molecule has 2 bridgehead atoms. The van der Waals surface area contributed by atoms with Gasteiger partial charge in [-0.3, -0.25) is 4.79 Å². The highest BCUT2D eigenvalue weighted by Gasteiger charge is 2.63. The van der Waals surface area contributed by atoms with E-state index in [1.807, 2.05) is 13.8 Å². The molecular weight excluding hydrogens is 252 g/mol. The Labute approximate surface area is 121 Å². The Morgan fingerprint density at radius 3 is 2.55 bits per heavy atom. The van der Waals surface area contributed by atoms with Crippen LogP contribution in [-0.2, 0) is 9.59 Å². The fourth-order valence-electron chi connectivity index (χ4n) is 4.03. The highest BCUT2D eigenvalue weighted by Crippen LogP contribution is 2.65. The van der Waals surface area contributed by atoms with E-state index in [1.54, 1.807) is 6.08 Å². The number of ketones is 1. The van der Waals surface area contributed by atoms with Gasteiger partial charge in [0.05, 0.1) is 0 Å². The van der Waals surface area contributed by atoms with Crippen molar-refractivity contribution in [3.8, 4) is 0 Å². The van der Waals surface area contributed by atoms with E-state index >= 15 is 0 Å². The van der Waals surface area contributed by atoms with Crippen molar-refractivity contribution < 1.29 is 14.7 Å². The van der Waals surface area contributed by atoms with Gasteiger partial charge in [-0.2, -0.15) is 0 Å². The number of aliphatic carboxylic acids is 1. The van der Waals surface area contributed by atoms with Crippen LogP contribution in [0.15, 0.2) is 11.6 Å². The van der Waals surface area contributed by atoms with Gasteiger partial charge in [0.1, 0.15) is 0 Å². The summed E-state index contributed by atoms with van der Waals surface area (Å²) in [4.78, 5) is 23.9. The largest absolute Gasteiger partial charge is 0.550 e. The summed E-state index contributed by atoms with van der Waals surface area (Å²) in [5.41, 5.74) is 0.385. The van der Waals surface area contributed by atoms with E-state index in [-0.39, 0.29) is 22.5 Å². The van der Waals surface area contributed by atoms with E-state index in [9.17, 15) is 14.7 Å². The molecule has 2 saturated carbocycles. The van der Waals surface area contributed by atoms with Crippen LogP contribution in [0.4, 0.5) is 0 Å². The van der Waals surface area contributed by atoms with Gasteiger partial charge in [0.2, 0.25) is 0 Å². The summed E-state index contributed by atoms with van der Waals surface area (Å²) in [7, 11) is 0. The zero-order valence-electron chi connectivity index (χ0n) is 13.0. The smallest absolute Gasteiger partial charge is 0.165 e. The average molecular weight is 277 g/mol. The Morgan fingerprint density at radius 1 is 1.45 bits per heavy atom. The maximum atomic E-state index is 12.7.